The lowest BCUT2D eigenvalue weighted by Crippen LogP contribution is -2.54. The Balaban J connectivity index is 1.53. The molecule has 10 heteroatoms. The van der Waals surface area contributed by atoms with Gasteiger partial charge in [-0.25, -0.2) is 4.68 Å². The Morgan fingerprint density at radius 2 is 1.82 bits per heavy atom. The highest BCUT2D eigenvalue weighted by molar-refractivity contribution is 5.91. The number of hydrogen-bond donors (Lipinski definition) is 3. The van der Waals surface area contributed by atoms with E-state index < -0.39 is 23.6 Å². The molecule has 10 nitrogen and oxygen atoms in total. The third kappa shape index (κ3) is 5.11. The van der Waals surface area contributed by atoms with E-state index in [1.54, 1.807) is 11.7 Å². The van der Waals surface area contributed by atoms with Crippen LogP contribution in [0.25, 0.3) is 0 Å². The maximum Gasteiger partial charge on any atom is 0.248 e. The normalized spacial score (nSPS) is 28.4. The first-order valence-electron chi connectivity index (χ1n) is 12.5. The number of nitrogens with zero attached hydrogens (tertiary/aromatic N) is 4. The number of nitrogens with one attached hydrogen (secondary N) is 2. The van der Waals surface area contributed by atoms with Crippen molar-refractivity contribution in [2.45, 2.75) is 95.9 Å². The van der Waals surface area contributed by atoms with Crippen molar-refractivity contribution in [3.8, 4) is 0 Å². The van der Waals surface area contributed by atoms with Gasteiger partial charge < -0.3 is 20.6 Å². The van der Waals surface area contributed by atoms with Crippen LogP contribution in [-0.2, 0) is 14.4 Å². The molecule has 188 valence electrons. The summed E-state index contributed by atoms with van der Waals surface area (Å²) in [4.78, 5) is 41.0. The Bertz CT molecular complexity index is 921. The summed E-state index contributed by atoms with van der Waals surface area (Å²) in [6, 6.07) is -1.71. The number of likely N-dealkylation sites (tertiary alicyclic amines) is 1. The van der Waals surface area contributed by atoms with Crippen molar-refractivity contribution in [3.05, 3.63) is 11.9 Å². The standard InChI is InChI=1S/C24H38N6O4/c1-24(2,3)20(30-13-18(27-28-30)14-9-10-14)23(34)29-12-15(31)11-19(29)22(33)26-17-8-6-5-7-16(17)21(32)25-4/h13-17,19-20,31H,5-12H2,1-4H3,(H,25,32)(H,26,33)/t15-,16?,17?,19+,20-/m1/s1. The van der Waals surface area contributed by atoms with Gasteiger partial charge in [-0.2, -0.15) is 0 Å². The molecule has 34 heavy (non-hydrogen) atoms. The van der Waals surface area contributed by atoms with Crippen LogP contribution in [0.2, 0.25) is 0 Å². The number of aromatic nitrogens is 3. The van der Waals surface area contributed by atoms with Crippen LogP contribution in [0.3, 0.4) is 0 Å². The number of aliphatic hydroxyl groups excluding tert-OH is 1. The van der Waals surface area contributed by atoms with Crippen LogP contribution in [0.15, 0.2) is 6.20 Å². The van der Waals surface area contributed by atoms with Crippen LogP contribution in [0.1, 0.15) is 83.4 Å². The van der Waals surface area contributed by atoms with Crippen LogP contribution >= 0.6 is 0 Å². The molecule has 4 rings (SSSR count). The van der Waals surface area contributed by atoms with Gasteiger partial charge in [-0.15, -0.1) is 5.10 Å². The average Bonchev–Trinajstić information content (AvgIpc) is 3.39. The minimum Gasteiger partial charge on any atom is -0.391 e. The molecule has 3 N–H and O–H groups in total. The molecule has 2 heterocycles. The molecule has 1 aromatic rings. The molecule has 1 saturated heterocycles. The largest absolute Gasteiger partial charge is 0.391 e. The average molecular weight is 475 g/mol. The maximum atomic E-state index is 13.8. The van der Waals surface area contributed by atoms with Crippen LogP contribution in [0.5, 0.6) is 0 Å². The van der Waals surface area contributed by atoms with Gasteiger partial charge in [0.05, 0.1) is 17.7 Å². The first-order valence-corrected chi connectivity index (χ1v) is 12.5. The fourth-order valence-corrected chi connectivity index (χ4v) is 5.41. The molecule has 2 aliphatic carbocycles. The predicted molar refractivity (Wildman–Crippen MR) is 125 cm³/mol. The molecular formula is C24H38N6O4. The smallest absolute Gasteiger partial charge is 0.248 e. The summed E-state index contributed by atoms with van der Waals surface area (Å²) in [5.74, 6) is -0.495. The Kier molecular flexibility index (Phi) is 6.98. The lowest BCUT2D eigenvalue weighted by Gasteiger charge is -2.36. The van der Waals surface area contributed by atoms with Gasteiger partial charge in [0.15, 0.2) is 0 Å². The van der Waals surface area contributed by atoms with E-state index in [2.05, 4.69) is 20.9 Å². The molecule has 5 atom stereocenters. The third-order valence-corrected chi connectivity index (χ3v) is 7.38. The van der Waals surface area contributed by atoms with Gasteiger partial charge in [0.25, 0.3) is 0 Å². The lowest BCUT2D eigenvalue weighted by molar-refractivity contribution is -0.144. The second-order valence-corrected chi connectivity index (χ2v) is 11.2. The zero-order chi connectivity index (χ0) is 24.6. The number of rotatable bonds is 6. The van der Waals surface area contributed by atoms with Crippen molar-refractivity contribution in [2.75, 3.05) is 13.6 Å². The number of carbonyl (C=O) groups excluding carboxylic acids is 3. The first-order chi connectivity index (χ1) is 16.1. The number of amides is 3. The summed E-state index contributed by atoms with van der Waals surface area (Å²) in [6.07, 6.45) is 6.76. The van der Waals surface area contributed by atoms with Crippen LogP contribution in [0, 0.1) is 11.3 Å². The summed E-state index contributed by atoms with van der Waals surface area (Å²) in [5, 5.41) is 24.7. The van der Waals surface area contributed by atoms with Gasteiger partial charge >= 0.3 is 0 Å². The zero-order valence-electron chi connectivity index (χ0n) is 20.7. The van der Waals surface area contributed by atoms with Crippen LogP contribution in [0.4, 0.5) is 0 Å². The maximum absolute atomic E-state index is 13.8. The van der Waals surface area contributed by atoms with E-state index in [9.17, 15) is 19.5 Å². The zero-order valence-corrected chi connectivity index (χ0v) is 20.7. The van der Waals surface area contributed by atoms with Gasteiger partial charge in [0.1, 0.15) is 12.1 Å². The molecule has 2 unspecified atom stereocenters. The van der Waals surface area contributed by atoms with E-state index in [-0.39, 0.29) is 42.6 Å². The molecule has 3 aliphatic rings. The summed E-state index contributed by atoms with van der Waals surface area (Å²) >= 11 is 0. The van der Waals surface area contributed by atoms with Crippen LogP contribution in [-0.4, -0.2) is 74.5 Å². The van der Waals surface area contributed by atoms with Crippen molar-refractivity contribution < 1.29 is 19.5 Å². The fraction of sp³-hybridized carbons (Fsp3) is 0.792. The molecule has 3 amide bonds. The molecule has 0 radical (unpaired) electrons. The minimum absolute atomic E-state index is 0.0742. The van der Waals surface area contributed by atoms with Crippen molar-refractivity contribution in [2.24, 2.45) is 11.3 Å². The first kappa shape index (κ1) is 24.6. The molecule has 0 spiro atoms. The Hall–Kier alpha value is -2.49. The second-order valence-electron chi connectivity index (χ2n) is 11.2. The van der Waals surface area contributed by atoms with Gasteiger partial charge in [-0.3, -0.25) is 14.4 Å². The van der Waals surface area contributed by atoms with E-state index in [0.29, 0.717) is 5.92 Å². The summed E-state index contributed by atoms with van der Waals surface area (Å²) in [7, 11) is 1.61. The van der Waals surface area contributed by atoms with Gasteiger partial charge in [0.2, 0.25) is 17.7 Å². The highest BCUT2D eigenvalue weighted by Gasteiger charge is 2.46. The molecular weight excluding hydrogens is 436 g/mol. The van der Waals surface area contributed by atoms with Gasteiger partial charge in [0, 0.05) is 38.2 Å². The molecule has 1 aromatic heterocycles. The highest BCUT2D eigenvalue weighted by atomic mass is 16.3. The van der Waals surface area contributed by atoms with E-state index in [0.717, 1.165) is 44.2 Å². The molecule has 2 saturated carbocycles. The monoisotopic (exact) mass is 474 g/mol. The molecule has 3 fully saturated rings. The quantitative estimate of drug-likeness (QED) is 0.567. The summed E-state index contributed by atoms with van der Waals surface area (Å²) in [5.41, 5.74) is 0.420. The van der Waals surface area contributed by atoms with E-state index in [1.807, 2.05) is 27.0 Å². The van der Waals surface area contributed by atoms with Gasteiger partial charge in [-0.1, -0.05) is 38.8 Å². The van der Waals surface area contributed by atoms with Crippen molar-refractivity contribution in [1.82, 2.24) is 30.5 Å². The van der Waals surface area contributed by atoms with Crippen LogP contribution < -0.4 is 10.6 Å². The molecule has 0 aromatic carbocycles. The summed E-state index contributed by atoms with van der Waals surface area (Å²) in [6.45, 7) is 5.99. The summed E-state index contributed by atoms with van der Waals surface area (Å²) < 4.78 is 1.62. The predicted octanol–water partition coefficient (Wildman–Crippen LogP) is 1.13. The lowest BCUT2D eigenvalue weighted by atomic mass is 9.83. The minimum atomic E-state index is -0.786. The van der Waals surface area contributed by atoms with Crippen molar-refractivity contribution in [1.29, 1.82) is 0 Å². The SMILES string of the molecule is CNC(=O)C1CCCCC1NC(=O)[C@@H]1C[C@@H](O)CN1C(=O)[C@@H](n1cc(C2CC2)nn1)C(C)(C)C. The Labute approximate surface area is 200 Å². The highest BCUT2D eigenvalue weighted by Crippen LogP contribution is 2.40. The number of β-amino-alcohol motifs (C(OH)–C–C–N with tert-alkyl or cyclic N) is 1. The number of aliphatic hydroxyl groups is 1. The Morgan fingerprint density at radius 3 is 2.47 bits per heavy atom. The topological polar surface area (TPSA) is 129 Å². The number of carbonyl (C=O) groups is 3. The van der Waals surface area contributed by atoms with Gasteiger partial charge in [-0.05, 0) is 31.1 Å². The Morgan fingerprint density at radius 1 is 1.12 bits per heavy atom. The van der Waals surface area contributed by atoms with E-state index in [1.165, 1.54) is 4.90 Å². The fourth-order valence-electron chi connectivity index (χ4n) is 5.41. The van der Waals surface area contributed by atoms with Crippen molar-refractivity contribution >= 4 is 17.7 Å². The number of hydrogen-bond acceptors (Lipinski definition) is 6. The molecule has 1 aliphatic heterocycles. The molecule has 0 bridgehead atoms. The van der Waals surface area contributed by atoms with E-state index >= 15 is 0 Å². The third-order valence-electron chi connectivity index (χ3n) is 7.38. The van der Waals surface area contributed by atoms with E-state index in [4.69, 9.17) is 0 Å². The second kappa shape index (κ2) is 9.64. The van der Waals surface area contributed by atoms with Crippen molar-refractivity contribution in [3.63, 3.8) is 0 Å².